The van der Waals surface area contributed by atoms with E-state index in [1.165, 1.54) is 29.5 Å². The van der Waals surface area contributed by atoms with Gasteiger partial charge in [-0.3, -0.25) is 4.79 Å². The van der Waals surface area contributed by atoms with E-state index in [2.05, 4.69) is 4.98 Å². The van der Waals surface area contributed by atoms with Crippen molar-refractivity contribution in [3.05, 3.63) is 62.8 Å². The van der Waals surface area contributed by atoms with Crippen LogP contribution >= 0.6 is 34.5 Å². The molecule has 0 amide bonds. The first-order valence-electron chi connectivity index (χ1n) is 6.91. The lowest BCUT2D eigenvalue weighted by Gasteiger charge is -2.07. The molecule has 0 aliphatic carbocycles. The van der Waals surface area contributed by atoms with Crippen LogP contribution in [0.1, 0.15) is 16.5 Å². The van der Waals surface area contributed by atoms with Crippen LogP contribution < -0.4 is 0 Å². The highest BCUT2D eigenvalue weighted by molar-refractivity contribution is 7.18. The fourth-order valence-corrected chi connectivity index (χ4v) is 3.70. The highest BCUT2D eigenvalue weighted by atomic mass is 35.5. The van der Waals surface area contributed by atoms with E-state index in [0.29, 0.717) is 15.5 Å². The summed E-state index contributed by atoms with van der Waals surface area (Å²) in [4.78, 5) is 16.8. The Kier molecular flexibility index (Phi) is 4.81. The van der Waals surface area contributed by atoms with Crippen LogP contribution in [0.5, 0.6) is 0 Å². The number of ketones is 1. The number of benzene rings is 2. The molecule has 0 N–H and O–H groups in total. The molecule has 0 saturated heterocycles. The Balaban J connectivity index is 1.92. The van der Waals surface area contributed by atoms with Crippen molar-refractivity contribution < 1.29 is 9.18 Å². The Morgan fingerprint density at radius 1 is 1.33 bits per heavy atom. The second-order valence-electron chi connectivity index (χ2n) is 5.07. The van der Waals surface area contributed by atoms with Crippen LogP contribution in [0.15, 0.2) is 36.4 Å². The summed E-state index contributed by atoms with van der Waals surface area (Å²) in [6, 6.07) is 11.3. The van der Waals surface area contributed by atoms with Gasteiger partial charge in [0.1, 0.15) is 10.8 Å². The average molecular weight is 379 g/mol. The number of hydrogen-bond acceptors (Lipinski definition) is 4. The molecule has 0 saturated carbocycles. The maximum absolute atomic E-state index is 13.8. The summed E-state index contributed by atoms with van der Waals surface area (Å²) in [7, 11) is 0. The van der Waals surface area contributed by atoms with Gasteiger partial charge >= 0.3 is 0 Å². The van der Waals surface area contributed by atoms with Crippen molar-refractivity contribution in [2.24, 2.45) is 0 Å². The lowest BCUT2D eigenvalue weighted by Crippen LogP contribution is -2.14. The van der Waals surface area contributed by atoms with Gasteiger partial charge in [-0.05, 0) is 30.3 Å². The largest absolute Gasteiger partial charge is 0.297 e. The predicted molar refractivity (Wildman–Crippen MR) is 93.1 cm³/mol. The van der Waals surface area contributed by atoms with Gasteiger partial charge < -0.3 is 0 Å². The third-order valence-electron chi connectivity index (χ3n) is 3.48. The number of carbonyl (C=O) groups excluding carboxylic acids is 1. The number of rotatable bonds is 4. The van der Waals surface area contributed by atoms with Crippen molar-refractivity contribution in [2.75, 3.05) is 0 Å². The monoisotopic (exact) mass is 378 g/mol. The smallest absolute Gasteiger partial charge is 0.161 e. The number of carbonyl (C=O) groups is 1. The minimum absolute atomic E-state index is 0.0913. The molecule has 1 aromatic heterocycles. The molecule has 0 aliphatic rings. The van der Waals surface area contributed by atoms with E-state index in [1.54, 1.807) is 18.2 Å². The van der Waals surface area contributed by atoms with Crippen molar-refractivity contribution in [3.8, 4) is 6.07 Å². The highest BCUT2D eigenvalue weighted by Crippen LogP contribution is 2.31. The van der Waals surface area contributed by atoms with E-state index in [4.69, 9.17) is 23.2 Å². The number of Topliss-reactive ketones (excluding diaryl/α,β-unsaturated/α-hetero) is 1. The maximum Gasteiger partial charge on any atom is 0.161 e. The zero-order valence-electron chi connectivity index (χ0n) is 12.1. The molecule has 1 heterocycles. The summed E-state index contributed by atoms with van der Waals surface area (Å²) >= 11 is 13.1. The zero-order valence-corrected chi connectivity index (χ0v) is 14.4. The van der Waals surface area contributed by atoms with Crippen molar-refractivity contribution in [2.45, 2.75) is 12.3 Å². The quantitative estimate of drug-likeness (QED) is 0.629. The molecule has 120 valence electrons. The SMILES string of the molecule is N#C[C@H](C(=O)Cc1c(F)cccc1Cl)c1nc2cc(Cl)ccc2s1. The number of hydrogen-bond donors (Lipinski definition) is 0. The normalized spacial score (nSPS) is 12.1. The maximum atomic E-state index is 13.8. The number of nitriles is 1. The molecular weight excluding hydrogens is 370 g/mol. The van der Waals surface area contributed by atoms with Crippen LogP contribution in [-0.2, 0) is 11.2 Å². The molecule has 3 rings (SSSR count). The van der Waals surface area contributed by atoms with Crippen LogP contribution in [0.3, 0.4) is 0 Å². The van der Waals surface area contributed by atoms with Gasteiger partial charge in [0.2, 0.25) is 0 Å². The lowest BCUT2D eigenvalue weighted by molar-refractivity contribution is -0.118. The molecule has 0 fully saturated rings. The van der Waals surface area contributed by atoms with Crippen LogP contribution in [0.2, 0.25) is 10.0 Å². The highest BCUT2D eigenvalue weighted by Gasteiger charge is 2.25. The van der Waals surface area contributed by atoms with Crippen LogP contribution in [0.25, 0.3) is 10.2 Å². The van der Waals surface area contributed by atoms with Gasteiger partial charge in [-0.15, -0.1) is 11.3 Å². The first-order chi connectivity index (χ1) is 11.5. The second-order valence-corrected chi connectivity index (χ2v) is 6.98. The van der Waals surface area contributed by atoms with E-state index in [9.17, 15) is 14.4 Å². The molecule has 2 aromatic carbocycles. The van der Waals surface area contributed by atoms with Gasteiger partial charge in [0.25, 0.3) is 0 Å². The molecule has 24 heavy (non-hydrogen) atoms. The van der Waals surface area contributed by atoms with E-state index in [-0.39, 0.29) is 17.0 Å². The molecule has 3 aromatic rings. The van der Waals surface area contributed by atoms with Gasteiger partial charge in [0, 0.05) is 22.0 Å². The van der Waals surface area contributed by atoms with Crippen molar-refractivity contribution >= 4 is 50.5 Å². The molecule has 7 heteroatoms. The Labute approximate surface area is 151 Å². The fraction of sp³-hybridized carbons (Fsp3) is 0.118. The number of fused-ring (bicyclic) bond motifs is 1. The van der Waals surface area contributed by atoms with Crippen molar-refractivity contribution in [3.63, 3.8) is 0 Å². The van der Waals surface area contributed by atoms with E-state index < -0.39 is 17.5 Å². The molecule has 0 bridgehead atoms. The Morgan fingerprint density at radius 2 is 2.12 bits per heavy atom. The first kappa shape index (κ1) is 16.8. The minimum Gasteiger partial charge on any atom is -0.297 e. The van der Waals surface area contributed by atoms with E-state index in [1.807, 2.05) is 6.07 Å². The molecule has 0 radical (unpaired) electrons. The van der Waals surface area contributed by atoms with Gasteiger partial charge in [-0.25, -0.2) is 9.37 Å². The van der Waals surface area contributed by atoms with Crippen LogP contribution in [0, 0.1) is 17.1 Å². The Hall–Kier alpha value is -2.00. The first-order valence-corrected chi connectivity index (χ1v) is 8.48. The zero-order chi connectivity index (χ0) is 17.3. The Bertz CT molecular complexity index is 960. The van der Waals surface area contributed by atoms with Crippen LogP contribution in [-0.4, -0.2) is 10.8 Å². The molecule has 1 atom stereocenters. The van der Waals surface area contributed by atoms with Gasteiger partial charge in [-0.1, -0.05) is 29.3 Å². The van der Waals surface area contributed by atoms with Gasteiger partial charge in [0.05, 0.1) is 16.3 Å². The molecule has 0 unspecified atom stereocenters. The summed E-state index contributed by atoms with van der Waals surface area (Å²) in [6.07, 6.45) is -0.263. The molecule has 0 spiro atoms. The van der Waals surface area contributed by atoms with Crippen molar-refractivity contribution in [1.29, 1.82) is 5.26 Å². The number of aromatic nitrogens is 1. The fourth-order valence-electron chi connectivity index (χ4n) is 2.28. The standard InChI is InChI=1S/C17H9Cl2FN2OS/c18-9-4-5-16-14(6-9)22-17(24-16)11(8-21)15(23)7-10-12(19)2-1-3-13(10)20/h1-6,11H,7H2/t11-/m1/s1. The van der Waals surface area contributed by atoms with Crippen LogP contribution in [0.4, 0.5) is 4.39 Å². The summed E-state index contributed by atoms with van der Waals surface area (Å²) in [6.45, 7) is 0. The predicted octanol–water partition coefficient (Wildman–Crippen LogP) is 5.16. The average Bonchev–Trinajstić information content (AvgIpc) is 2.94. The molecule has 0 aliphatic heterocycles. The number of halogens is 3. The summed E-state index contributed by atoms with van der Waals surface area (Å²) in [5.41, 5.74) is 0.716. The summed E-state index contributed by atoms with van der Waals surface area (Å²) in [5, 5.41) is 10.4. The topological polar surface area (TPSA) is 53.8 Å². The molecular formula is C17H9Cl2FN2OS. The summed E-state index contributed by atoms with van der Waals surface area (Å²) in [5.74, 6) is -2.09. The lowest BCUT2D eigenvalue weighted by atomic mass is 9.99. The van der Waals surface area contributed by atoms with Gasteiger partial charge in [-0.2, -0.15) is 5.26 Å². The minimum atomic E-state index is -1.07. The Morgan fingerprint density at radius 3 is 2.83 bits per heavy atom. The number of nitrogens with zero attached hydrogens (tertiary/aromatic N) is 2. The van der Waals surface area contributed by atoms with E-state index >= 15 is 0 Å². The second kappa shape index (κ2) is 6.86. The third-order valence-corrected chi connectivity index (χ3v) is 5.17. The third kappa shape index (κ3) is 3.27. The number of thiazole rings is 1. The van der Waals surface area contributed by atoms with Gasteiger partial charge in [0.15, 0.2) is 11.7 Å². The van der Waals surface area contributed by atoms with E-state index in [0.717, 1.165) is 4.70 Å². The molecule has 3 nitrogen and oxygen atoms in total. The summed E-state index contributed by atoms with van der Waals surface area (Å²) < 4.78 is 14.7. The van der Waals surface area contributed by atoms with Crippen molar-refractivity contribution in [1.82, 2.24) is 4.98 Å².